The lowest BCUT2D eigenvalue weighted by Crippen LogP contribution is -2.58. The van der Waals surface area contributed by atoms with Crippen molar-refractivity contribution in [3.05, 3.63) is 30.1 Å². The van der Waals surface area contributed by atoms with Crippen molar-refractivity contribution < 1.29 is 19.4 Å². The number of carboxylic acids is 1. The largest absolute Gasteiger partial charge is 0.480 e. The highest BCUT2D eigenvalue weighted by atomic mass is 16.6. The summed E-state index contributed by atoms with van der Waals surface area (Å²) in [5.74, 6) is -0.953. The molecule has 2 atom stereocenters. The maximum atomic E-state index is 12.2. The van der Waals surface area contributed by atoms with Crippen molar-refractivity contribution in [2.24, 2.45) is 0 Å². The zero-order valence-corrected chi connectivity index (χ0v) is 14.6. The van der Waals surface area contributed by atoms with E-state index in [1.165, 1.54) is 4.90 Å². The number of hydrogen-bond donors (Lipinski definition) is 1. The fourth-order valence-corrected chi connectivity index (χ4v) is 2.77. The predicted molar refractivity (Wildman–Crippen MR) is 88.6 cm³/mol. The van der Waals surface area contributed by atoms with E-state index in [4.69, 9.17) is 4.74 Å². The molecule has 0 saturated carbocycles. The van der Waals surface area contributed by atoms with Crippen LogP contribution in [0.1, 0.15) is 39.4 Å². The van der Waals surface area contributed by atoms with E-state index in [0.29, 0.717) is 13.1 Å². The van der Waals surface area contributed by atoms with Crippen LogP contribution in [0.3, 0.4) is 0 Å². The van der Waals surface area contributed by atoms with Gasteiger partial charge in [-0.1, -0.05) is 6.07 Å². The maximum Gasteiger partial charge on any atom is 0.410 e. The van der Waals surface area contributed by atoms with Gasteiger partial charge in [0, 0.05) is 19.3 Å². The molecular weight excluding hydrogens is 310 g/mol. The molecule has 7 nitrogen and oxygen atoms in total. The summed E-state index contributed by atoms with van der Waals surface area (Å²) in [7, 11) is 0. The number of aliphatic carboxylic acids is 1. The van der Waals surface area contributed by atoms with Crippen LogP contribution >= 0.6 is 0 Å². The van der Waals surface area contributed by atoms with Gasteiger partial charge in [-0.15, -0.1) is 0 Å². The number of pyridine rings is 1. The number of hydrogen-bond acceptors (Lipinski definition) is 5. The predicted octanol–water partition coefficient (Wildman–Crippen LogP) is 2.15. The number of carboxylic acid groups (broad SMARTS) is 1. The van der Waals surface area contributed by atoms with E-state index in [-0.39, 0.29) is 12.6 Å². The lowest BCUT2D eigenvalue weighted by Gasteiger charge is -2.42. The summed E-state index contributed by atoms with van der Waals surface area (Å²) < 4.78 is 5.35. The van der Waals surface area contributed by atoms with Crippen LogP contribution in [0.15, 0.2) is 24.4 Å². The monoisotopic (exact) mass is 335 g/mol. The van der Waals surface area contributed by atoms with Gasteiger partial charge in [-0.25, -0.2) is 4.79 Å². The second-order valence-corrected chi connectivity index (χ2v) is 6.95. The van der Waals surface area contributed by atoms with E-state index >= 15 is 0 Å². The van der Waals surface area contributed by atoms with Crippen LogP contribution in [0.4, 0.5) is 4.79 Å². The molecule has 1 fully saturated rings. The third-order valence-corrected chi connectivity index (χ3v) is 3.97. The summed E-state index contributed by atoms with van der Waals surface area (Å²) >= 11 is 0. The lowest BCUT2D eigenvalue weighted by molar-refractivity contribution is -0.147. The second-order valence-electron chi connectivity index (χ2n) is 6.95. The molecule has 1 aliphatic heterocycles. The smallest absolute Gasteiger partial charge is 0.410 e. The van der Waals surface area contributed by atoms with E-state index in [1.54, 1.807) is 27.0 Å². The third kappa shape index (κ3) is 4.44. The topological polar surface area (TPSA) is 83.0 Å². The minimum atomic E-state index is -0.953. The minimum absolute atomic E-state index is 0.0986. The molecule has 1 aromatic heterocycles. The van der Waals surface area contributed by atoms with Crippen molar-refractivity contribution in [3.63, 3.8) is 0 Å². The molecule has 1 aliphatic rings. The average Bonchev–Trinajstić information content (AvgIpc) is 2.52. The van der Waals surface area contributed by atoms with Crippen LogP contribution in [-0.2, 0) is 9.53 Å². The van der Waals surface area contributed by atoms with Gasteiger partial charge in [0.05, 0.1) is 18.3 Å². The average molecular weight is 335 g/mol. The van der Waals surface area contributed by atoms with Gasteiger partial charge in [-0.05, 0) is 39.8 Å². The molecule has 24 heavy (non-hydrogen) atoms. The summed E-state index contributed by atoms with van der Waals surface area (Å²) in [4.78, 5) is 31.6. The third-order valence-electron chi connectivity index (χ3n) is 3.97. The molecule has 2 rings (SSSR count). The van der Waals surface area contributed by atoms with E-state index < -0.39 is 23.7 Å². The first-order valence-electron chi connectivity index (χ1n) is 8.06. The van der Waals surface area contributed by atoms with Crippen molar-refractivity contribution in [1.29, 1.82) is 0 Å². The molecule has 2 heterocycles. The summed E-state index contributed by atoms with van der Waals surface area (Å²) in [5.41, 5.74) is 0.211. The molecule has 0 bridgehead atoms. The van der Waals surface area contributed by atoms with Gasteiger partial charge in [0.25, 0.3) is 0 Å². The van der Waals surface area contributed by atoms with Gasteiger partial charge in [0.2, 0.25) is 0 Å². The highest BCUT2D eigenvalue weighted by Gasteiger charge is 2.38. The molecule has 1 aromatic rings. The number of carbonyl (C=O) groups excluding carboxylic acids is 1. The van der Waals surface area contributed by atoms with Crippen LogP contribution in [-0.4, -0.2) is 63.2 Å². The molecular formula is C17H25N3O4. The molecule has 0 aromatic carbocycles. The second kappa shape index (κ2) is 7.17. The molecule has 1 amide bonds. The number of aromatic nitrogens is 1. The summed E-state index contributed by atoms with van der Waals surface area (Å²) in [5, 5.41) is 9.60. The van der Waals surface area contributed by atoms with Crippen LogP contribution in [0.25, 0.3) is 0 Å². The van der Waals surface area contributed by atoms with Gasteiger partial charge >= 0.3 is 12.1 Å². The van der Waals surface area contributed by atoms with Gasteiger partial charge in [0.15, 0.2) is 0 Å². The zero-order valence-electron chi connectivity index (χ0n) is 14.6. The number of carbonyl (C=O) groups is 2. The van der Waals surface area contributed by atoms with Crippen LogP contribution in [0.2, 0.25) is 0 Å². The minimum Gasteiger partial charge on any atom is -0.480 e. The van der Waals surface area contributed by atoms with Gasteiger partial charge in [0.1, 0.15) is 11.6 Å². The van der Waals surface area contributed by atoms with Gasteiger partial charge < -0.3 is 14.7 Å². The highest BCUT2D eigenvalue weighted by Crippen LogP contribution is 2.24. The summed E-state index contributed by atoms with van der Waals surface area (Å²) in [6.45, 7) is 8.28. The fourth-order valence-electron chi connectivity index (χ4n) is 2.77. The Labute approximate surface area is 142 Å². The van der Waals surface area contributed by atoms with E-state index in [1.807, 2.05) is 30.0 Å². The van der Waals surface area contributed by atoms with Crippen LogP contribution in [0, 0.1) is 0 Å². The Kier molecular flexibility index (Phi) is 5.43. The summed E-state index contributed by atoms with van der Waals surface area (Å²) in [6, 6.07) is 4.65. The van der Waals surface area contributed by atoms with Crippen molar-refractivity contribution in [3.8, 4) is 0 Å². The molecule has 132 valence electrons. The lowest BCUT2D eigenvalue weighted by atomic mass is 10.1. The number of rotatable bonds is 3. The molecule has 0 aliphatic carbocycles. The Morgan fingerprint density at radius 1 is 1.33 bits per heavy atom. The molecule has 0 spiro atoms. The Hall–Kier alpha value is -2.15. The Morgan fingerprint density at radius 2 is 2.04 bits per heavy atom. The van der Waals surface area contributed by atoms with Crippen LogP contribution in [0.5, 0.6) is 0 Å². The molecule has 0 unspecified atom stereocenters. The molecule has 1 N–H and O–H groups in total. The number of piperazine rings is 1. The number of amides is 1. The van der Waals surface area contributed by atoms with Gasteiger partial charge in [-0.2, -0.15) is 0 Å². The van der Waals surface area contributed by atoms with Crippen LogP contribution < -0.4 is 0 Å². The number of ether oxygens (including phenoxy) is 1. The SMILES string of the molecule is C[C@@H](c1ccccn1)N1CCN(C(=O)OC(C)(C)C)C[C@H]1C(=O)O. The quantitative estimate of drug-likeness (QED) is 0.911. The first-order chi connectivity index (χ1) is 11.2. The van der Waals surface area contributed by atoms with Crippen molar-refractivity contribution >= 4 is 12.1 Å². The standard InChI is InChI=1S/C17H25N3O4/c1-12(13-7-5-6-8-18-13)20-10-9-19(11-14(20)15(21)22)16(23)24-17(2,3)4/h5-8,12,14H,9-11H2,1-4H3,(H,21,22)/t12-,14-/m0/s1. The Bertz CT molecular complexity index is 585. The first kappa shape index (κ1) is 18.2. The molecule has 1 saturated heterocycles. The Balaban J connectivity index is 2.11. The first-order valence-corrected chi connectivity index (χ1v) is 8.06. The molecule has 7 heteroatoms. The van der Waals surface area contributed by atoms with E-state index in [0.717, 1.165) is 5.69 Å². The fraction of sp³-hybridized carbons (Fsp3) is 0.588. The Morgan fingerprint density at radius 3 is 2.58 bits per heavy atom. The highest BCUT2D eigenvalue weighted by molar-refractivity contribution is 5.76. The van der Waals surface area contributed by atoms with Crippen molar-refractivity contribution in [2.75, 3.05) is 19.6 Å². The zero-order chi connectivity index (χ0) is 17.9. The van der Waals surface area contributed by atoms with Gasteiger partial charge in [-0.3, -0.25) is 14.7 Å². The van der Waals surface area contributed by atoms with Crippen molar-refractivity contribution in [1.82, 2.24) is 14.8 Å². The molecule has 0 radical (unpaired) electrons. The van der Waals surface area contributed by atoms with Crippen molar-refractivity contribution in [2.45, 2.75) is 45.4 Å². The van der Waals surface area contributed by atoms with E-state index in [9.17, 15) is 14.7 Å². The number of nitrogens with zero attached hydrogens (tertiary/aromatic N) is 3. The summed E-state index contributed by atoms with van der Waals surface area (Å²) in [6.07, 6.45) is 1.22. The normalized spacial score (nSPS) is 20.5. The maximum absolute atomic E-state index is 12.2. The van der Waals surface area contributed by atoms with E-state index in [2.05, 4.69) is 4.98 Å².